The van der Waals surface area contributed by atoms with Crippen molar-refractivity contribution >= 4 is 24.0 Å². The summed E-state index contributed by atoms with van der Waals surface area (Å²) in [6.45, 7) is 17.5. The van der Waals surface area contributed by atoms with Crippen LogP contribution in [0.25, 0.3) is 0 Å². The number of nitrogens with two attached hydrogens (primary N) is 1. The molecular weight excluding hydrogens is 454 g/mol. The monoisotopic (exact) mass is 497 g/mol. The Morgan fingerprint density at radius 2 is 1.69 bits per heavy atom. The first-order valence-electron chi connectivity index (χ1n) is 12.5. The van der Waals surface area contributed by atoms with Crippen LogP contribution in [0, 0.1) is 11.8 Å². The van der Waals surface area contributed by atoms with Gasteiger partial charge in [0.2, 0.25) is 5.91 Å². The molecule has 0 aromatic heterocycles. The van der Waals surface area contributed by atoms with E-state index in [1.807, 2.05) is 46.4 Å². The van der Waals surface area contributed by atoms with Gasteiger partial charge in [-0.05, 0) is 32.6 Å². The van der Waals surface area contributed by atoms with Crippen LogP contribution in [-0.2, 0) is 14.3 Å². The van der Waals surface area contributed by atoms with Gasteiger partial charge in [0.05, 0.1) is 11.7 Å². The van der Waals surface area contributed by atoms with Crippen molar-refractivity contribution in [3.8, 4) is 0 Å². The Morgan fingerprint density at radius 3 is 2.14 bits per heavy atom. The summed E-state index contributed by atoms with van der Waals surface area (Å²) < 4.78 is 5.41. The minimum atomic E-state index is -1.20. The zero-order chi connectivity index (χ0) is 26.9. The number of amides is 4. The zero-order valence-electron chi connectivity index (χ0n) is 22.0. The molecule has 0 saturated carbocycles. The summed E-state index contributed by atoms with van der Waals surface area (Å²) in [6.07, 6.45) is 0.239. The summed E-state index contributed by atoms with van der Waals surface area (Å²) in [5.74, 6) is -1.81. The zero-order valence-corrected chi connectivity index (χ0v) is 22.0. The van der Waals surface area contributed by atoms with Crippen LogP contribution in [0.2, 0.25) is 0 Å². The molecule has 2 aliphatic rings. The molecule has 2 rings (SSSR count). The molecule has 3 N–H and O–H groups in total. The third kappa shape index (κ3) is 7.50. The summed E-state index contributed by atoms with van der Waals surface area (Å²) in [5.41, 5.74) is 5.70. The standard InChI is InChI=1S/C22H37N5O6.C2H6/c1-6-24(16(5)23)9-7-8-17-18(20(29)30)27(19(17)28)21(31)25-10-12-26(13-11-25)22(32)33-15(4)14(2)3;1-2/h14-15,17-18H,5-13,23H2,1-4H3,(H,29,30);1-2H3/t15?,17-,18?;/m1./s1. The number of imide groups is 1. The van der Waals surface area contributed by atoms with Gasteiger partial charge in [-0.2, -0.15) is 0 Å². The van der Waals surface area contributed by atoms with Crippen molar-refractivity contribution in [2.24, 2.45) is 17.6 Å². The molecule has 2 heterocycles. The minimum Gasteiger partial charge on any atom is -0.480 e. The molecule has 200 valence electrons. The van der Waals surface area contributed by atoms with Crippen LogP contribution in [0.4, 0.5) is 9.59 Å². The van der Waals surface area contributed by atoms with Gasteiger partial charge in [0.25, 0.3) is 0 Å². The second kappa shape index (κ2) is 13.8. The molecule has 0 radical (unpaired) electrons. The van der Waals surface area contributed by atoms with E-state index in [4.69, 9.17) is 10.5 Å². The van der Waals surface area contributed by atoms with Crippen molar-refractivity contribution in [1.29, 1.82) is 0 Å². The molecule has 2 unspecified atom stereocenters. The van der Waals surface area contributed by atoms with Crippen molar-refractivity contribution in [3.63, 3.8) is 0 Å². The van der Waals surface area contributed by atoms with E-state index in [1.54, 1.807) is 0 Å². The summed E-state index contributed by atoms with van der Waals surface area (Å²) in [6, 6.07) is -1.81. The third-order valence-corrected chi connectivity index (χ3v) is 6.44. The van der Waals surface area contributed by atoms with Crippen LogP contribution >= 0.6 is 0 Å². The van der Waals surface area contributed by atoms with E-state index >= 15 is 0 Å². The predicted molar refractivity (Wildman–Crippen MR) is 132 cm³/mol. The second-order valence-electron chi connectivity index (χ2n) is 8.90. The molecule has 0 aromatic carbocycles. The van der Waals surface area contributed by atoms with E-state index < -0.39 is 36.0 Å². The van der Waals surface area contributed by atoms with Gasteiger partial charge in [-0.25, -0.2) is 19.3 Å². The maximum absolute atomic E-state index is 12.9. The highest BCUT2D eigenvalue weighted by molar-refractivity contribution is 6.07. The van der Waals surface area contributed by atoms with E-state index in [0.29, 0.717) is 31.8 Å². The number of ether oxygens (including phenoxy) is 1. The lowest BCUT2D eigenvalue weighted by atomic mass is 9.83. The van der Waals surface area contributed by atoms with Gasteiger partial charge in [0.15, 0.2) is 6.04 Å². The molecule has 0 aliphatic carbocycles. The predicted octanol–water partition coefficient (Wildman–Crippen LogP) is 2.37. The SMILES string of the molecule is C=C(N)N(CC)CCC[C@H]1C(=O)N(C(=O)N2CCN(C(=O)OC(C)C(C)C)CC2)C1C(=O)O.CC. The van der Waals surface area contributed by atoms with Crippen molar-refractivity contribution in [3.05, 3.63) is 12.4 Å². The summed E-state index contributed by atoms with van der Waals surface area (Å²) >= 11 is 0. The number of hydrogen-bond acceptors (Lipinski definition) is 7. The van der Waals surface area contributed by atoms with Gasteiger partial charge in [-0.15, -0.1) is 0 Å². The number of carbonyl (C=O) groups is 4. The summed E-state index contributed by atoms with van der Waals surface area (Å²) in [5, 5.41) is 9.65. The second-order valence-corrected chi connectivity index (χ2v) is 8.90. The summed E-state index contributed by atoms with van der Waals surface area (Å²) in [4.78, 5) is 55.3. The number of carboxylic acids is 1. The Labute approximate surface area is 208 Å². The van der Waals surface area contributed by atoms with Crippen molar-refractivity contribution < 1.29 is 29.0 Å². The number of rotatable bonds is 9. The number of carboxylic acid groups (broad SMARTS) is 1. The van der Waals surface area contributed by atoms with Crippen LogP contribution in [0.5, 0.6) is 0 Å². The topological polar surface area (TPSA) is 137 Å². The first-order chi connectivity index (χ1) is 16.5. The third-order valence-electron chi connectivity index (χ3n) is 6.44. The number of urea groups is 1. The fraction of sp³-hybridized carbons (Fsp3) is 0.750. The highest BCUT2D eigenvalue weighted by Crippen LogP contribution is 2.32. The Kier molecular flexibility index (Phi) is 11.8. The Hall–Kier alpha value is -2.98. The number of β-lactam (4-membered cyclic amide) rings is 1. The number of piperazine rings is 1. The molecule has 4 amide bonds. The summed E-state index contributed by atoms with van der Waals surface area (Å²) in [7, 11) is 0. The number of aliphatic carboxylic acids is 1. The van der Waals surface area contributed by atoms with Crippen LogP contribution < -0.4 is 5.73 Å². The smallest absolute Gasteiger partial charge is 0.410 e. The largest absolute Gasteiger partial charge is 0.480 e. The molecule has 11 nitrogen and oxygen atoms in total. The lowest BCUT2D eigenvalue weighted by Crippen LogP contribution is -2.69. The van der Waals surface area contributed by atoms with E-state index in [9.17, 15) is 24.3 Å². The number of hydrogen-bond donors (Lipinski definition) is 2. The quantitative estimate of drug-likeness (QED) is 0.463. The normalized spacial score (nSPS) is 20.4. The Bertz CT molecular complexity index is 766. The number of likely N-dealkylation sites (tertiary alicyclic amines) is 1. The molecule has 0 aromatic rings. The first-order valence-corrected chi connectivity index (χ1v) is 12.5. The van der Waals surface area contributed by atoms with Gasteiger partial charge in [0, 0.05) is 39.3 Å². The van der Waals surface area contributed by atoms with Gasteiger partial charge < -0.3 is 30.3 Å². The molecule has 11 heteroatoms. The highest BCUT2D eigenvalue weighted by atomic mass is 16.6. The van der Waals surface area contributed by atoms with E-state index in [-0.39, 0.29) is 38.2 Å². The lowest BCUT2D eigenvalue weighted by Gasteiger charge is -2.46. The first kappa shape index (κ1) is 30.1. The minimum absolute atomic E-state index is 0.189. The molecule has 2 aliphatic heterocycles. The van der Waals surface area contributed by atoms with Crippen LogP contribution in [-0.4, -0.2) is 100 Å². The molecule has 3 atom stereocenters. The average Bonchev–Trinajstić information content (AvgIpc) is 2.82. The number of carbonyl (C=O) groups excluding carboxylic acids is 3. The van der Waals surface area contributed by atoms with Gasteiger partial charge in [-0.3, -0.25) is 4.79 Å². The van der Waals surface area contributed by atoms with E-state index in [2.05, 4.69) is 6.58 Å². The Morgan fingerprint density at radius 1 is 1.14 bits per heavy atom. The van der Waals surface area contributed by atoms with E-state index in [0.717, 1.165) is 4.90 Å². The Balaban J connectivity index is 0.00000298. The highest BCUT2D eigenvalue weighted by Gasteiger charge is 2.55. The molecule has 2 fully saturated rings. The van der Waals surface area contributed by atoms with Crippen LogP contribution in [0.15, 0.2) is 12.4 Å². The fourth-order valence-corrected chi connectivity index (χ4v) is 3.93. The van der Waals surface area contributed by atoms with Gasteiger partial charge in [0.1, 0.15) is 6.10 Å². The molecule has 2 saturated heterocycles. The maximum Gasteiger partial charge on any atom is 0.410 e. The molecule has 35 heavy (non-hydrogen) atoms. The maximum atomic E-state index is 12.9. The fourth-order valence-electron chi connectivity index (χ4n) is 3.93. The molecule has 0 bridgehead atoms. The van der Waals surface area contributed by atoms with Crippen molar-refractivity contribution in [2.45, 2.75) is 66.5 Å². The van der Waals surface area contributed by atoms with Gasteiger partial charge >= 0.3 is 18.1 Å². The van der Waals surface area contributed by atoms with Gasteiger partial charge in [-0.1, -0.05) is 34.3 Å². The van der Waals surface area contributed by atoms with Crippen LogP contribution in [0.3, 0.4) is 0 Å². The van der Waals surface area contributed by atoms with Crippen molar-refractivity contribution in [2.75, 3.05) is 39.3 Å². The average molecular weight is 498 g/mol. The molecule has 0 spiro atoms. The van der Waals surface area contributed by atoms with Crippen molar-refractivity contribution in [1.82, 2.24) is 19.6 Å². The lowest BCUT2D eigenvalue weighted by molar-refractivity contribution is -0.167. The van der Waals surface area contributed by atoms with E-state index in [1.165, 1.54) is 9.80 Å². The molecular formula is C24H43N5O6. The van der Waals surface area contributed by atoms with Crippen LogP contribution in [0.1, 0.15) is 54.4 Å². The number of nitrogens with zero attached hydrogens (tertiary/aromatic N) is 4.